The quantitative estimate of drug-likeness (QED) is 0.472. The van der Waals surface area contributed by atoms with Crippen molar-refractivity contribution in [3.63, 3.8) is 0 Å². The van der Waals surface area contributed by atoms with Gasteiger partial charge in [-0.2, -0.15) is 4.39 Å². The highest BCUT2D eigenvalue weighted by atomic mass is 19.1. The first-order valence-corrected chi connectivity index (χ1v) is 1.81. The van der Waals surface area contributed by atoms with E-state index in [1.807, 2.05) is 0 Å². The zero-order valence-corrected chi connectivity index (χ0v) is 4.03. The van der Waals surface area contributed by atoms with E-state index in [-0.39, 0.29) is 0 Å². The van der Waals surface area contributed by atoms with E-state index < -0.39 is 5.97 Å². The Balaban J connectivity index is 3.68. The second kappa shape index (κ2) is 2.34. The van der Waals surface area contributed by atoms with Crippen molar-refractivity contribution < 1.29 is 4.39 Å². The Labute approximate surface area is 41.3 Å². The first-order valence-electron chi connectivity index (χ1n) is 1.81. The Morgan fingerprint density at radius 2 is 2.29 bits per heavy atom. The summed E-state index contributed by atoms with van der Waals surface area (Å²) in [5.41, 5.74) is 5.29. The summed E-state index contributed by atoms with van der Waals surface area (Å²) in [6, 6.07) is 0. The Bertz CT molecular complexity index is 102. The number of halogens is 1. The lowest BCUT2D eigenvalue weighted by Crippen LogP contribution is -1.92. The predicted molar refractivity (Wildman–Crippen MR) is 26.8 cm³/mol. The zero-order chi connectivity index (χ0) is 5.86. The Kier molecular flexibility index (Phi) is 2.05. The van der Waals surface area contributed by atoms with Crippen molar-refractivity contribution >= 4 is 5.97 Å². The molecular formula is C4H7FN2. The van der Waals surface area contributed by atoms with Crippen LogP contribution < -0.4 is 5.73 Å². The molecule has 0 aliphatic carbocycles. The summed E-state index contributed by atoms with van der Waals surface area (Å²) in [6.45, 7) is 1.52. The molecule has 0 bridgehead atoms. The molecule has 7 heavy (non-hydrogen) atoms. The average molecular weight is 102 g/mol. The van der Waals surface area contributed by atoms with Crippen LogP contribution in [0.1, 0.15) is 6.92 Å². The third-order valence-corrected chi connectivity index (χ3v) is 0.354. The first-order chi connectivity index (χ1) is 3.13. The maximum absolute atomic E-state index is 11.4. The number of hydrogen-bond acceptors (Lipinski definition) is 2. The van der Waals surface area contributed by atoms with Crippen LogP contribution in [-0.2, 0) is 0 Å². The monoisotopic (exact) mass is 102 g/mol. The van der Waals surface area contributed by atoms with Crippen LogP contribution >= 0.6 is 0 Å². The molecular weight excluding hydrogens is 95.1 g/mol. The van der Waals surface area contributed by atoms with Gasteiger partial charge in [-0.05, 0) is 6.92 Å². The topological polar surface area (TPSA) is 49.9 Å². The van der Waals surface area contributed by atoms with Gasteiger partial charge < -0.3 is 5.73 Å². The van der Waals surface area contributed by atoms with E-state index in [2.05, 4.69) is 0 Å². The van der Waals surface area contributed by atoms with Crippen LogP contribution in [0.25, 0.3) is 0 Å². The van der Waals surface area contributed by atoms with Crippen molar-refractivity contribution in [3.05, 3.63) is 11.8 Å². The Morgan fingerprint density at radius 1 is 1.86 bits per heavy atom. The van der Waals surface area contributed by atoms with E-state index in [0.29, 0.717) is 5.70 Å². The smallest absolute Gasteiger partial charge is 0.207 e. The fourth-order valence-electron chi connectivity index (χ4n) is 0.200. The molecule has 0 aromatic carbocycles. The SMILES string of the molecule is C/C(N)=C/C(=N)F. The highest BCUT2D eigenvalue weighted by Crippen LogP contribution is 1.81. The third kappa shape index (κ3) is 5.14. The standard InChI is InChI=1S/C4H7FN2/c1-3(6)2-4(5)7/h2,7H,6H2,1H3/b3-2-,7-4?. The van der Waals surface area contributed by atoms with Gasteiger partial charge >= 0.3 is 0 Å². The molecule has 0 aliphatic rings. The van der Waals surface area contributed by atoms with Crippen LogP contribution in [-0.4, -0.2) is 5.97 Å². The molecule has 40 valence electrons. The lowest BCUT2D eigenvalue weighted by molar-refractivity contribution is 0.802. The molecule has 3 N–H and O–H groups in total. The number of nitrogens with two attached hydrogens (primary N) is 1. The molecule has 0 heterocycles. The summed E-state index contributed by atoms with van der Waals surface area (Å²) in [4.78, 5) is 0. The molecule has 0 unspecified atom stereocenters. The highest BCUT2D eigenvalue weighted by molar-refractivity contribution is 5.83. The molecule has 0 aliphatic heterocycles. The van der Waals surface area contributed by atoms with E-state index in [0.717, 1.165) is 6.08 Å². The van der Waals surface area contributed by atoms with Gasteiger partial charge in [-0.15, -0.1) is 0 Å². The molecule has 0 aromatic heterocycles. The number of allylic oxidation sites excluding steroid dienone is 2. The minimum atomic E-state index is -1.000. The molecule has 0 spiro atoms. The fourth-order valence-corrected chi connectivity index (χ4v) is 0.200. The fraction of sp³-hybridized carbons (Fsp3) is 0.250. The van der Waals surface area contributed by atoms with Crippen molar-refractivity contribution in [2.24, 2.45) is 5.73 Å². The van der Waals surface area contributed by atoms with Gasteiger partial charge in [0, 0.05) is 11.8 Å². The highest BCUT2D eigenvalue weighted by Gasteiger charge is 1.81. The minimum absolute atomic E-state index is 0.313. The lowest BCUT2D eigenvalue weighted by atomic mass is 10.5. The molecule has 0 saturated carbocycles. The second-order valence-electron chi connectivity index (χ2n) is 1.24. The van der Waals surface area contributed by atoms with Gasteiger partial charge in [0.05, 0.1) is 0 Å². The molecule has 2 nitrogen and oxygen atoms in total. The van der Waals surface area contributed by atoms with Gasteiger partial charge in [0.1, 0.15) is 0 Å². The summed E-state index contributed by atoms with van der Waals surface area (Å²) in [6.07, 6.45) is 0.944. The van der Waals surface area contributed by atoms with Crippen LogP contribution in [0.2, 0.25) is 0 Å². The maximum Gasteiger partial charge on any atom is 0.207 e. The van der Waals surface area contributed by atoms with Crippen LogP contribution in [0.15, 0.2) is 11.8 Å². The Morgan fingerprint density at radius 3 is 2.29 bits per heavy atom. The second-order valence-corrected chi connectivity index (χ2v) is 1.24. The molecule has 0 fully saturated rings. The van der Waals surface area contributed by atoms with E-state index in [1.54, 1.807) is 0 Å². The van der Waals surface area contributed by atoms with Crippen molar-refractivity contribution in [3.8, 4) is 0 Å². The lowest BCUT2D eigenvalue weighted by Gasteiger charge is -1.81. The van der Waals surface area contributed by atoms with Gasteiger partial charge in [0.25, 0.3) is 0 Å². The molecule has 0 saturated heterocycles. The van der Waals surface area contributed by atoms with Crippen molar-refractivity contribution in [2.45, 2.75) is 6.92 Å². The van der Waals surface area contributed by atoms with E-state index >= 15 is 0 Å². The number of hydrogen-bond donors (Lipinski definition) is 2. The summed E-state index contributed by atoms with van der Waals surface area (Å²) in [5, 5.41) is 6.20. The van der Waals surface area contributed by atoms with Crippen LogP contribution in [0.3, 0.4) is 0 Å². The van der Waals surface area contributed by atoms with E-state index in [1.165, 1.54) is 6.92 Å². The van der Waals surface area contributed by atoms with Crippen LogP contribution in [0.5, 0.6) is 0 Å². The summed E-state index contributed by atoms with van der Waals surface area (Å²) >= 11 is 0. The summed E-state index contributed by atoms with van der Waals surface area (Å²) in [7, 11) is 0. The molecule has 0 amide bonds. The number of nitrogens with one attached hydrogen (secondary N) is 1. The molecule has 0 aromatic rings. The summed E-state index contributed by atoms with van der Waals surface area (Å²) < 4.78 is 11.4. The van der Waals surface area contributed by atoms with Crippen LogP contribution in [0, 0.1) is 5.41 Å². The summed E-state index contributed by atoms with van der Waals surface area (Å²) in [5.74, 6) is -1.000. The first kappa shape index (κ1) is 6.14. The van der Waals surface area contributed by atoms with Gasteiger partial charge in [-0.25, -0.2) is 0 Å². The van der Waals surface area contributed by atoms with Gasteiger partial charge in [0.2, 0.25) is 5.97 Å². The normalized spacial score (nSPS) is 11.4. The predicted octanol–water partition coefficient (Wildman–Crippen LogP) is 0.796. The van der Waals surface area contributed by atoms with Crippen molar-refractivity contribution in [1.29, 1.82) is 5.41 Å². The largest absolute Gasteiger partial charge is 0.402 e. The van der Waals surface area contributed by atoms with Crippen molar-refractivity contribution in [2.75, 3.05) is 0 Å². The molecule has 0 radical (unpaired) electrons. The van der Waals surface area contributed by atoms with Gasteiger partial charge in [-0.3, -0.25) is 5.41 Å². The van der Waals surface area contributed by atoms with E-state index in [4.69, 9.17) is 11.1 Å². The van der Waals surface area contributed by atoms with E-state index in [9.17, 15) is 4.39 Å². The average Bonchev–Trinajstić information content (AvgIpc) is 1.27. The molecule has 3 heteroatoms. The van der Waals surface area contributed by atoms with Gasteiger partial charge in [-0.1, -0.05) is 0 Å². The van der Waals surface area contributed by atoms with Crippen molar-refractivity contribution in [1.82, 2.24) is 0 Å². The minimum Gasteiger partial charge on any atom is -0.402 e. The Hall–Kier alpha value is -0.860. The maximum atomic E-state index is 11.4. The van der Waals surface area contributed by atoms with Gasteiger partial charge in [0.15, 0.2) is 0 Å². The number of rotatable bonds is 1. The third-order valence-electron chi connectivity index (χ3n) is 0.354. The zero-order valence-electron chi connectivity index (χ0n) is 4.03. The molecule has 0 rings (SSSR count). The molecule has 0 atom stereocenters. The van der Waals surface area contributed by atoms with Crippen LogP contribution in [0.4, 0.5) is 4.39 Å².